The predicted molar refractivity (Wildman–Crippen MR) is 101 cm³/mol. The maximum Gasteiger partial charge on any atom is 0.226 e. The zero-order valence-electron chi connectivity index (χ0n) is 15.4. The van der Waals surface area contributed by atoms with Gasteiger partial charge in [-0.1, -0.05) is 32.0 Å². The zero-order valence-corrected chi connectivity index (χ0v) is 15.4. The first-order valence-corrected chi connectivity index (χ1v) is 9.03. The van der Waals surface area contributed by atoms with E-state index in [0.717, 1.165) is 17.2 Å². The molecule has 2 aromatic rings. The molecule has 1 aliphatic rings. The summed E-state index contributed by atoms with van der Waals surface area (Å²) >= 11 is 0. The molecule has 5 nitrogen and oxygen atoms in total. The van der Waals surface area contributed by atoms with Crippen molar-refractivity contribution in [3.8, 4) is 11.5 Å². The summed E-state index contributed by atoms with van der Waals surface area (Å²) in [7, 11) is 1.81. The molecular weight excluding hydrogens is 312 g/mol. The van der Waals surface area contributed by atoms with Gasteiger partial charge in [-0.05, 0) is 43.2 Å². The molecule has 0 bridgehead atoms. The van der Waals surface area contributed by atoms with Gasteiger partial charge in [-0.15, -0.1) is 0 Å². The smallest absolute Gasteiger partial charge is 0.226 e. The number of nitrogens with one attached hydrogen (secondary N) is 2. The van der Waals surface area contributed by atoms with E-state index in [1.54, 1.807) is 13.3 Å². The molecule has 0 saturated heterocycles. The van der Waals surface area contributed by atoms with Crippen LogP contribution in [0.3, 0.4) is 0 Å². The van der Waals surface area contributed by atoms with E-state index in [2.05, 4.69) is 34.5 Å². The minimum absolute atomic E-state index is 0.476. The third-order valence-electron chi connectivity index (χ3n) is 4.91. The van der Waals surface area contributed by atoms with Gasteiger partial charge in [0.05, 0.1) is 12.2 Å². The SMILES string of the molecule is CN=C(NCc1coc(-c2ccccc2)n1)NC1CCC(C)(C)CC1. The Morgan fingerprint density at radius 1 is 1.24 bits per heavy atom. The second-order valence-corrected chi connectivity index (χ2v) is 7.52. The maximum atomic E-state index is 5.58. The Labute approximate surface area is 150 Å². The molecule has 2 N–H and O–H groups in total. The van der Waals surface area contributed by atoms with Crippen LogP contribution in [0.1, 0.15) is 45.2 Å². The van der Waals surface area contributed by atoms with Crippen LogP contribution in [0, 0.1) is 5.41 Å². The van der Waals surface area contributed by atoms with Gasteiger partial charge in [0.25, 0.3) is 0 Å². The lowest BCUT2D eigenvalue weighted by atomic mass is 9.75. The molecule has 5 heteroatoms. The lowest BCUT2D eigenvalue weighted by Crippen LogP contribution is -2.45. The van der Waals surface area contributed by atoms with Gasteiger partial charge in [-0.2, -0.15) is 0 Å². The Morgan fingerprint density at radius 2 is 1.96 bits per heavy atom. The zero-order chi connectivity index (χ0) is 17.7. The number of oxazole rings is 1. The van der Waals surface area contributed by atoms with E-state index in [4.69, 9.17) is 4.42 Å². The molecule has 0 unspecified atom stereocenters. The summed E-state index contributed by atoms with van der Waals surface area (Å²) in [5, 5.41) is 6.87. The van der Waals surface area contributed by atoms with E-state index in [1.807, 2.05) is 30.3 Å². The molecule has 1 aliphatic carbocycles. The van der Waals surface area contributed by atoms with Crippen molar-refractivity contribution in [1.29, 1.82) is 0 Å². The number of guanidine groups is 1. The summed E-state index contributed by atoms with van der Waals surface area (Å²) in [5.41, 5.74) is 2.33. The third kappa shape index (κ3) is 4.84. The standard InChI is InChI=1S/C20H28N4O/c1-20(2)11-9-16(10-12-20)24-19(21-3)22-13-17-14-25-18(23-17)15-7-5-4-6-8-15/h4-8,14,16H,9-13H2,1-3H3,(H2,21,22,24). The van der Waals surface area contributed by atoms with Crippen LogP contribution in [-0.4, -0.2) is 24.0 Å². The summed E-state index contributed by atoms with van der Waals surface area (Å²) in [4.78, 5) is 8.88. The molecule has 1 saturated carbocycles. The highest BCUT2D eigenvalue weighted by molar-refractivity contribution is 5.79. The topological polar surface area (TPSA) is 62.5 Å². The van der Waals surface area contributed by atoms with Crippen molar-refractivity contribution in [2.24, 2.45) is 10.4 Å². The first-order valence-electron chi connectivity index (χ1n) is 9.03. The van der Waals surface area contributed by atoms with Crippen molar-refractivity contribution in [1.82, 2.24) is 15.6 Å². The van der Waals surface area contributed by atoms with Crippen LogP contribution >= 0.6 is 0 Å². The van der Waals surface area contributed by atoms with Gasteiger partial charge in [0.15, 0.2) is 5.96 Å². The highest BCUT2D eigenvalue weighted by Crippen LogP contribution is 2.34. The van der Waals surface area contributed by atoms with Gasteiger partial charge < -0.3 is 15.1 Å². The molecule has 1 heterocycles. The summed E-state index contributed by atoms with van der Waals surface area (Å²) in [6, 6.07) is 10.4. The van der Waals surface area contributed by atoms with Crippen LogP contribution in [0.2, 0.25) is 0 Å². The first-order chi connectivity index (χ1) is 12.1. The van der Waals surface area contributed by atoms with Gasteiger partial charge in [-0.25, -0.2) is 4.98 Å². The molecule has 134 valence electrons. The van der Waals surface area contributed by atoms with E-state index in [1.165, 1.54) is 25.7 Å². The summed E-state index contributed by atoms with van der Waals surface area (Å²) in [6.45, 7) is 5.30. The van der Waals surface area contributed by atoms with Crippen LogP contribution in [0.15, 0.2) is 46.0 Å². The quantitative estimate of drug-likeness (QED) is 0.653. The number of aliphatic imine (C=N–C) groups is 1. The highest BCUT2D eigenvalue weighted by atomic mass is 16.3. The fourth-order valence-electron chi connectivity index (χ4n) is 3.21. The molecule has 3 rings (SSSR count). The lowest BCUT2D eigenvalue weighted by molar-refractivity contribution is 0.216. The molecule has 0 amide bonds. The largest absolute Gasteiger partial charge is 0.444 e. The summed E-state index contributed by atoms with van der Waals surface area (Å²) in [5.74, 6) is 1.48. The van der Waals surface area contributed by atoms with Crippen LogP contribution < -0.4 is 10.6 Å². The van der Waals surface area contributed by atoms with Gasteiger partial charge in [-0.3, -0.25) is 4.99 Å². The van der Waals surface area contributed by atoms with Crippen LogP contribution in [0.5, 0.6) is 0 Å². The van der Waals surface area contributed by atoms with E-state index >= 15 is 0 Å². The summed E-state index contributed by atoms with van der Waals surface area (Å²) in [6.07, 6.45) is 6.59. The molecule has 0 radical (unpaired) electrons. The average Bonchev–Trinajstić information content (AvgIpc) is 3.10. The highest BCUT2D eigenvalue weighted by Gasteiger charge is 2.27. The predicted octanol–water partition coefficient (Wildman–Crippen LogP) is 3.98. The van der Waals surface area contributed by atoms with E-state index < -0.39 is 0 Å². The van der Waals surface area contributed by atoms with Gasteiger partial charge in [0.1, 0.15) is 6.26 Å². The number of hydrogen-bond donors (Lipinski definition) is 2. The van der Waals surface area contributed by atoms with E-state index in [-0.39, 0.29) is 0 Å². The normalized spacial score (nSPS) is 18.1. The molecular formula is C20H28N4O. The molecule has 0 aliphatic heterocycles. The number of hydrogen-bond acceptors (Lipinski definition) is 3. The van der Waals surface area contributed by atoms with Crippen molar-refractivity contribution >= 4 is 5.96 Å². The number of rotatable bonds is 4. The third-order valence-corrected chi connectivity index (χ3v) is 4.91. The molecule has 0 spiro atoms. The fourth-order valence-corrected chi connectivity index (χ4v) is 3.21. The monoisotopic (exact) mass is 340 g/mol. The Bertz CT molecular complexity index is 695. The second-order valence-electron chi connectivity index (χ2n) is 7.52. The van der Waals surface area contributed by atoms with E-state index in [0.29, 0.717) is 23.9 Å². The Kier molecular flexibility index (Phi) is 5.41. The Balaban J connectivity index is 1.51. The Hall–Kier alpha value is -2.30. The minimum atomic E-state index is 0.476. The van der Waals surface area contributed by atoms with Crippen molar-refractivity contribution in [2.45, 2.75) is 52.1 Å². The molecule has 1 fully saturated rings. The molecule has 1 aromatic carbocycles. The Morgan fingerprint density at radius 3 is 2.64 bits per heavy atom. The van der Waals surface area contributed by atoms with Crippen LogP contribution in [0.4, 0.5) is 0 Å². The van der Waals surface area contributed by atoms with Gasteiger partial charge in [0, 0.05) is 18.7 Å². The molecule has 25 heavy (non-hydrogen) atoms. The van der Waals surface area contributed by atoms with Crippen LogP contribution in [0.25, 0.3) is 11.5 Å². The maximum absolute atomic E-state index is 5.58. The fraction of sp³-hybridized carbons (Fsp3) is 0.500. The van der Waals surface area contributed by atoms with Crippen molar-refractivity contribution in [2.75, 3.05) is 7.05 Å². The average molecular weight is 340 g/mol. The van der Waals surface area contributed by atoms with Crippen LogP contribution in [-0.2, 0) is 6.54 Å². The number of aromatic nitrogens is 1. The minimum Gasteiger partial charge on any atom is -0.444 e. The van der Waals surface area contributed by atoms with Gasteiger partial charge in [0.2, 0.25) is 5.89 Å². The number of nitrogens with zero attached hydrogens (tertiary/aromatic N) is 2. The van der Waals surface area contributed by atoms with E-state index in [9.17, 15) is 0 Å². The number of benzene rings is 1. The lowest BCUT2D eigenvalue weighted by Gasteiger charge is -2.35. The van der Waals surface area contributed by atoms with Crippen molar-refractivity contribution in [3.05, 3.63) is 42.3 Å². The second kappa shape index (κ2) is 7.72. The first kappa shape index (κ1) is 17.5. The molecule has 1 aromatic heterocycles. The molecule has 0 atom stereocenters. The van der Waals surface area contributed by atoms with Crippen molar-refractivity contribution in [3.63, 3.8) is 0 Å². The van der Waals surface area contributed by atoms with Gasteiger partial charge >= 0.3 is 0 Å². The summed E-state index contributed by atoms with van der Waals surface area (Å²) < 4.78 is 5.58. The van der Waals surface area contributed by atoms with Crippen molar-refractivity contribution < 1.29 is 4.42 Å².